The van der Waals surface area contributed by atoms with Crippen LogP contribution in [0, 0.1) is 17.3 Å². The van der Waals surface area contributed by atoms with Gasteiger partial charge in [0.2, 0.25) is 0 Å². The summed E-state index contributed by atoms with van der Waals surface area (Å²) in [5, 5.41) is 12.0. The summed E-state index contributed by atoms with van der Waals surface area (Å²) in [7, 11) is -4.08. The number of aromatic nitrogens is 1. The Hall–Kier alpha value is -3.29. The Morgan fingerprint density at radius 2 is 1.79 bits per heavy atom. The van der Waals surface area contributed by atoms with E-state index in [0.29, 0.717) is 12.0 Å². The SMILES string of the molecule is CC(=O)O[C@H]1CC[C@@]2(C)[C@@H](C[C@H](OC(C)=O)[C@@]3(C)Oc4cc(-c5cccnc5)oc(=O)c4[C@H](O)[C@H]23)[C@]1(C)OS(C)(=O)=O. The van der Waals surface area contributed by atoms with Gasteiger partial charge >= 0.3 is 17.6 Å². The highest BCUT2D eigenvalue weighted by molar-refractivity contribution is 7.86. The van der Waals surface area contributed by atoms with E-state index >= 15 is 0 Å². The van der Waals surface area contributed by atoms with E-state index in [1.54, 1.807) is 32.2 Å². The van der Waals surface area contributed by atoms with Gasteiger partial charge in [0.05, 0.1) is 12.4 Å². The molecule has 0 radical (unpaired) electrons. The monoisotopic (exact) mass is 605 g/mol. The van der Waals surface area contributed by atoms with Gasteiger partial charge in [0.1, 0.15) is 40.5 Å². The normalized spacial score (nSPS) is 35.5. The molecule has 3 heterocycles. The maximum Gasteiger partial charge on any atom is 0.345 e. The minimum absolute atomic E-state index is 0.0613. The van der Waals surface area contributed by atoms with Gasteiger partial charge in [-0.05, 0) is 50.7 Å². The first-order valence-electron chi connectivity index (χ1n) is 13.7. The van der Waals surface area contributed by atoms with Crippen LogP contribution >= 0.6 is 0 Å². The number of aliphatic hydroxyl groups is 1. The Kier molecular flexibility index (Phi) is 7.30. The van der Waals surface area contributed by atoms with Crippen LogP contribution in [0.5, 0.6) is 5.75 Å². The number of carbonyl (C=O) groups excluding carboxylic acids is 2. The Bertz CT molecular complexity index is 1570. The second-order valence-corrected chi connectivity index (χ2v) is 13.7. The van der Waals surface area contributed by atoms with Gasteiger partial charge < -0.3 is 23.7 Å². The molecule has 0 saturated heterocycles. The molecule has 42 heavy (non-hydrogen) atoms. The molecule has 3 aliphatic rings. The average Bonchev–Trinajstić information content (AvgIpc) is 2.86. The largest absolute Gasteiger partial charge is 0.482 e. The fraction of sp³-hybridized carbons (Fsp3) is 0.586. The van der Waals surface area contributed by atoms with Gasteiger partial charge in [-0.15, -0.1) is 0 Å². The number of fused-ring (bicyclic) bond motifs is 4. The molecule has 2 aromatic rings. The molecule has 2 aliphatic carbocycles. The summed E-state index contributed by atoms with van der Waals surface area (Å²) in [4.78, 5) is 41.9. The first-order chi connectivity index (χ1) is 19.5. The highest BCUT2D eigenvalue weighted by Crippen LogP contribution is 2.66. The van der Waals surface area contributed by atoms with Crippen LogP contribution in [-0.2, 0) is 33.4 Å². The van der Waals surface area contributed by atoms with Gasteiger partial charge in [0.15, 0.2) is 0 Å². The minimum Gasteiger partial charge on any atom is -0.482 e. The minimum atomic E-state index is -4.08. The van der Waals surface area contributed by atoms with Crippen molar-refractivity contribution in [2.45, 2.75) is 83.4 Å². The zero-order valence-corrected chi connectivity index (χ0v) is 25.1. The maximum atomic E-state index is 13.4. The lowest BCUT2D eigenvalue weighted by atomic mass is 9.45. The number of ether oxygens (including phenoxy) is 3. The van der Waals surface area contributed by atoms with Gasteiger partial charge in [-0.2, -0.15) is 8.42 Å². The lowest BCUT2D eigenvalue weighted by Gasteiger charge is -2.65. The molecular weight excluding hydrogens is 570 g/mol. The molecule has 0 spiro atoms. The molecule has 0 unspecified atom stereocenters. The zero-order valence-electron chi connectivity index (χ0n) is 24.3. The molecule has 1 aliphatic heterocycles. The third-order valence-electron chi connectivity index (χ3n) is 9.27. The van der Waals surface area contributed by atoms with Crippen LogP contribution in [0.15, 0.2) is 39.8 Å². The second kappa shape index (κ2) is 10.2. The first kappa shape index (κ1) is 30.2. The smallest absolute Gasteiger partial charge is 0.345 e. The second-order valence-electron chi connectivity index (χ2n) is 12.1. The van der Waals surface area contributed by atoms with Crippen LogP contribution in [0.3, 0.4) is 0 Å². The number of hydrogen-bond donors (Lipinski definition) is 1. The molecule has 228 valence electrons. The summed E-state index contributed by atoms with van der Waals surface area (Å²) in [5.74, 6) is -2.59. The predicted octanol–water partition coefficient (Wildman–Crippen LogP) is 2.92. The van der Waals surface area contributed by atoms with Crippen molar-refractivity contribution in [2.75, 3.05) is 6.26 Å². The molecular formula is C29H35NO11S. The number of hydrogen-bond acceptors (Lipinski definition) is 12. The third kappa shape index (κ3) is 4.90. The molecule has 2 saturated carbocycles. The highest BCUT2D eigenvalue weighted by atomic mass is 32.2. The molecule has 5 rings (SSSR count). The molecule has 1 N–H and O–H groups in total. The van der Waals surface area contributed by atoms with Crippen molar-refractivity contribution in [3.63, 3.8) is 0 Å². The average molecular weight is 606 g/mol. The van der Waals surface area contributed by atoms with E-state index in [9.17, 15) is 27.9 Å². The van der Waals surface area contributed by atoms with Crippen molar-refractivity contribution in [2.24, 2.45) is 17.3 Å². The fourth-order valence-electron chi connectivity index (χ4n) is 7.83. The van der Waals surface area contributed by atoms with Gasteiger partial charge in [0.25, 0.3) is 10.1 Å². The number of esters is 2. The van der Waals surface area contributed by atoms with E-state index in [1.807, 2.05) is 6.92 Å². The van der Waals surface area contributed by atoms with Gasteiger partial charge in [-0.1, -0.05) is 6.92 Å². The molecule has 13 heteroatoms. The molecule has 2 fully saturated rings. The van der Waals surface area contributed by atoms with Crippen LogP contribution < -0.4 is 10.4 Å². The summed E-state index contributed by atoms with van der Waals surface area (Å²) < 4.78 is 54.4. The summed E-state index contributed by atoms with van der Waals surface area (Å²) in [5.41, 5.74) is -4.29. The van der Waals surface area contributed by atoms with Crippen molar-refractivity contribution in [3.05, 3.63) is 46.6 Å². The number of pyridine rings is 1. The molecule has 12 nitrogen and oxygen atoms in total. The van der Waals surface area contributed by atoms with E-state index in [-0.39, 0.29) is 29.9 Å². The lowest BCUT2D eigenvalue weighted by molar-refractivity contribution is -0.274. The lowest BCUT2D eigenvalue weighted by Crippen LogP contribution is -2.73. The summed E-state index contributed by atoms with van der Waals surface area (Å²) in [6.07, 6.45) is 1.21. The standard InChI is InChI=1S/C29H35NO11S/c1-15(31)37-21-9-10-27(3)20(28(21,4)41-42(6,35)36)13-22(38-16(2)32)29(5)25(27)24(33)23-19(40-29)12-18(39-26(23)34)17-8-7-11-30-14-17/h7-8,11-12,14,20-22,24-25,33H,9-10,13H2,1-6H3/t20-,21+,22+,24+,25-,27+,28+,29-/m1/s1. The Morgan fingerprint density at radius 1 is 1.12 bits per heavy atom. The van der Waals surface area contributed by atoms with E-state index in [1.165, 1.54) is 26.1 Å². The van der Waals surface area contributed by atoms with Crippen LogP contribution in [0.1, 0.15) is 65.5 Å². The number of carbonyl (C=O) groups is 2. The topological polar surface area (TPSA) is 169 Å². The van der Waals surface area contributed by atoms with Crippen molar-refractivity contribution >= 4 is 22.1 Å². The number of nitrogens with zero attached hydrogens (tertiary/aromatic N) is 1. The molecule has 2 aromatic heterocycles. The van der Waals surface area contributed by atoms with Gasteiger partial charge in [0, 0.05) is 49.7 Å². The molecule has 8 atom stereocenters. The third-order valence-corrected chi connectivity index (χ3v) is 9.94. The number of rotatable bonds is 5. The quantitative estimate of drug-likeness (QED) is 0.391. The van der Waals surface area contributed by atoms with Crippen LogP contribution in [-0.4, -0.2) is 60.1 Å². The Balaban J connectivity index is 1.69. The van der Waals surface area contributed by atoms with E-state index in [0.717, 1.165) is 6.26 Å². The molecule has 0 bridgehead atoms. The number of aliphatic hydroxyl groups excluding tert-OH is 1. The van der Waals surface area contributed by atoms with Crippen LogP contribution in [0.4, 0.5) is 0 Å². The van der Waals surface area contributed by atoms with Gasteiger partial charge in [-0.3, -0.25) is 18.8 Å². The van der Waals surface area contributed by atoms with Crippen molar-refractivity contribution in [1.82, 2.24) is 4.98 Å². The van der Waals surface area contributed by atoms with Crippen LogP contribution in [0.2, 0.25) is 0 Å². The van der Waals surface area contributed by atoms with Crippen molar-refractivity contribution in [3.8, 4) is 17.1 Å². The first-order valence-corrected chi connectivity index (χ1v) is 15.5. The molecule has 0 aromatic carbocycles. The fourth-order valence-corrected chi connectivity index (χ4v) is 8.71. The van der Waals surface area contributed by atoms with E-state index in [2.05, 4.69) is 4.98 Å². The van der Waals surface area contributed by atoms with Gasteiger partial charge in [-0.25, -0.2) is 4.79 Å². The Labute approximate surface area is 243 Å². The Morgan fingerprint density at radius 3 is 2.38 bits per heavy atom. The van der Waals surface area contributed by atoms with Crippen molar-refractivity contribution < 1.29 is 45.9 Å². The highest BCUT2D eigenvalue weighted by Gasteiger charge is 2.71. The summed E-state index contributed by atoms with van der Waals surface area (Å²) >= 11 is 0. The summed E-state index contributed by atoms with van der Waals surface area (Å²) in [6.45, 7) is 7.59. The van der Waals surface area contributed by atoms with Crippen molar-refractivity contribution in [1.29, 1.82) is 0 Å². The molecule has 0 amide bonds. The van der Waals surface area contributed by atoms with Crippen LogP contribution in [0.25, 0.3) is 11.3 Å². The van der Waals surface area contributed by atoms with E-state index < -0.39 is 74.4 Å². The predicted molar refractivity (Wildman–Crippen MR) is 147 cm³/mol. The summed E-state index contributed by atoms with van der Waals surface area (Å²) in [6, 6.07) is 4.90. The zero-order chi connectivity index (χ0) is 30.8. The maximum absolute atomic E-state index is 13.4. The van der Waals surface area contributed by atoms with E-state index in [4.69, 9.17) is 22.8 Å².